The minimum Gasteiger partial charge on any atom is -0.326 e. The minimum absolute atomic E-state index is 0.0716. The summed E-state index contributed by atoms with van der Waals surface area (Å²) in [5, 5.41) is 4.57. The molecule has 0 fully saturated rings. The molecule has 2 amide bonds. The second kappa shape index (κ2) is 9.70. The number of hydrogen-bond donors (Lipinski definition) is 2. The van der Waals surface area contributed by atoms with Crippen LogP contribution in [0.1, 0.15) is 23.3 Å². The summed E-state index contributed by atoms with van der Waals surface area (Å²) in [4.78, 5) is 25.0. The van der Waals surface area contributed by atoms with Gasteiger partial charge in [0.1, 0.15) is 5.25 Å². The van der Waals surface area contributed by atoms with Gasteiger partial charge in [-0.15, -0.1) is 11.8 Å². The van der Waals surface area contributed by atoms with Gasteiger partial charge >= 0.3 is 6.18 Å². The van der Waals surface area contributed by atoms with Gasteiger partial charge in [-0.3, -0.25) is 9.59 Å². The summed E-state index contributed by atoms with van der Waals surface area (Å²) in [6.45, 7) is 1.41. The first-order valence-electron chi connectivity index (χ1n) is 9.30. The molecule has 160 valence electrons. The Kier molecular flexibility index (Phi) is 7.02. The van der Waals surface area contributed by atoms with Crippen molar-refractivity contribution in [2.24, 2.45) is 0 Å². The number of carbonyl (C=O) groups excluding carboxylic acids is 2. The van der Waals surface area contributed by atoms with Crippen LogP contribution in [0, 0.1) is 0 Å². The number of nitrogens with one attached hydrogen (secondary N) is 2. The molecule has 0 saturated heterocycles. The molecule has 1 unspecified atom stereocenters. The Morgan fingerprint density at radius 3 is 2.13 bits per heavy atom. The van der Waals surface area contributed by atoms with Gasteiger partial charge in [-0.1, -0.05) is 36.4 Å². The lowest BCUT2D eigenvalue weighted by Gasteiger charge is -2.18. The van der Waals surface area contributed by atoms with Crippen molar-refractivity contribution in [3.8, 4) is 0 Å². The molecule has 0 aliphatic heterocycles. The molecule has 8 heteroatoms. The van der Waals surface area contributed by atoms with Crippen molar-refractivity contribution in [2.75, 3.05) is 10.6 Å². The van der Waals surface area contributed by atoms with Crippen molar-refractivity contribution < 1.29 is 22.8 Å². The topological polar surface area (TPSA) is 58.2 Å². The van der Waals surface area contributed by atoms with E-state index in [0.29, 0.717) is 11.3 Å². The van der Waals surface area contributed by atoms with Gasteiger partial charge in [0, 0.05) is 23.2 Å². The van der Waals surface area contributed by atoms with E-state index < -0.39 is 22.9 Å². The molecule has 3 aromatic rings. The normalized spacial score (nSPS) is 12.1. The quantitative estimate of drug-likeness (QED) is 0.449. The molecular formula is C23H19F3N2O2S. The Morgan fingerprint density at radius 1 is 0.839 bits per heavy atom. The number of anilines is 2. The molecule has 2 N–H and O–H groups in total. The third-order valence-corrected chi connectivity index (χ3v) is 5.49. The highest BCUT2D eigenvalue weighted by molar-refractivity contribution is 8.00. The Balaban J connectivity index is 1.83. The van der Waals surface area contributed by atoms with Crippen LogP contribution in [0.5, 0.6) is 0 Å². The van der Waals surface area contributed by atoms with E-state index in [1.54, 1.807) is 48.5 Å². The second-order valence-electron chi connectivity index (χ2n) is 6.68. The predicted octanol–water partition coefficient (Wildman–Crippen LogP) is 6.14. The van der Waals surface area contributed by atoms with Crippen LogP contribution in [0.15, 0.2) is 83.8 Å². The van der Waals surface area contributed by atoms with Crippen LogP contribution in [0.4, 0.5) is 24.5 Å². The lowest BCUT2D eigenvalue weighted by atomic mass is 10.1. The van der Waals surface area contributed by atoms with E-state index in [0.717, 1.165) is 17.0 Å². The average Bonchev–Trinajstić information content (AvgIpc) is 2.73. The zero-order chi connectivity index (χ0) is 22.4. The largest absolute Gasteiger partial charge is 0.416 e. The van der Waals surface area contributed by atoms with Crippen molar-refractivity contribution in [3.05, 3.63) is 90.0 Å². The van der Waals surface area contributed by atoms with Gasteiger partial charge in [-0.2, -0.15) is 13.2 Å². The number of rotatable bonds is 6. The van der Waals surface area contributed by atoms with Crippen LogP contribution >= 0.6 is 11.8 Å². The predicted molar refractivity (Wildman–Crippen MR) is 116 cm³/mol. The standard InChI is InChI=1S/C23H19F3N2O2S/c1-15(29)27-18-10-12-20(13-11-18)31-21(16-6-3-2-4-7-16)22(30)28-19-9-5-8-17(14-19)23(24,25)26/h2-14,21H,1H3,(H,27,29)(H,28,30). The zero-order valence-electron chi connectivity index (χ0n) is 16.4. The van der Waals surface area contributed by atoms with E-state index in [-0.39, 0.29) is 11.6 Å². The van der Waals surface area contributed by atoms with Gasteiger partial charge in [0.05, 0.1) is 5.56 Å². The molecule has 0 aliphatic rings. The number of amides is 2. The van der Waals surface area contributed by atoms with Crippen LogP contribution in [0.25, 0.3) is 0 Å². The summed E-state index contributed by atoms with van der Waals surface area (Å²) in [5.74, 6) is -0.635. The molecular weight excluding hydrogens is 425 g/mol. The van der Waals surface area contributed by atoms with Crippen molar-refractivity contribution in [1.82, 2.24) is 0 Å². The summed E-state index contributed by atoms with van der Waals surface area (Å²) in [6, 6.07) is 20.5. The summed E-state index contributed by atoms with van der Waals surface area (Å²) in [6.07, 6.45) is -4.50. The van der Waals surface area contributed by atoms with E-state index in [2.05, 4.69) is 10.6 Å². The first kappa shape index (κ1) is 22.4. The molecule has 0 spiro atoms. The lowest BCUT2D eigenvalue weighted by molar-refractivity contribution is -0.137. The van der Waals surface area contributed by atoms with Gasteiger partial charge in [0.25, 0.3) is 0 Å². The van der Waals surface area contributed by atoms with Gasteiger partial charge in [-0.25, -0.2) is 0 Å². The first-order chi connectivity index (χ1) is 14.7. The molecule has 3 aromatic carbocycles. The summed E-state index contributed by atoms with van der Waals surface area (Å²) >= 11 is 1.26. The van der Waals surface area contributed by atoms with Crippen molar-refractivity contribution in [1.29, 1.82) is 0 Å². The van der Waals surface area contributed by atoms with Gasteiger partial charge in [0.2, 0.25) is 11.8 Å². The van der Waals surface area contributed by atoms with Crippen LogP contribution in [-0.4, -0.2) is 11.8 Å². The monoisotopic (exact) mass is 444 g/mol. The minimum atomic E-state index is -4.50. The Bertz CT molecular complexity index is 1050. The summed E-state index contributed by atoms with van der Waals surface area (Å²) in [7, 11) is 0. The maximum Gasteiger partial charge on any atom is 0.416 e. The third-order valence-electron chi connectivity index (χ3n) is 4.23. The van der Waals surface area contributed by atoms with Gasteiger partial charge in [-0.05, 0) is 48.0 Å². The molecule has 4 nitrogen and oxygen atoms in total. The maximum atomic E-state index is 13.0. The van der Waals surface area contributed by atoms with E-state index in [1.165, 1.54) is 30.8 Å². The Labute approximate surface area is 181 Å². The van der Waals surface area contributed by atoms with Crippen molar-refractivity contribution in [3.63, 3.8) is 0 Å². The molecule has 31 heavy (non-hydrogen) atoms. The van der Waals surface area contributed by atoms with Crippen LogP contribution in [0.3, 0.4) is 0 Å². The molecule has 0 aliphatic carbocycles. The first-order valence-corrected chi connectivity index (χ1v) is 10.2. The Hall–Kier alpha value is -3.26. The highest BCUT2D eigenvalue weighted by atomic mass is 32.2. The second-order valence-corrected chi connectivity index (χ2v) is 7.86. The smallest absolute Gasteiger partial charge is 0.326 e. The highest BCUT2D eigenvalue weighted by Gasteiger charge is 2.31. The fourth-order valence-corrected chi connectivity index (χ4v) is 3.86. The molecule has 3 rings (SSSR count). The zero-order valence-corrected chi connectivity index (χ0v) is 17.3. The van der Waals surface area contributed by atoms with Crippen molar-refractivity contribution >= 4 is 35.0 Å². The van der Waals surface area contributed by atoms with E-state index in [1.807, 2.05) is 6.07 Å². The van der Waals surface area contributed by atoms with Crippen molar-refractivity contribution in [2.45, 2.75) is 23.2 Å². The van der Waals surface area contributed by atoms with Gasteiger partial charge in [0.15, 0.2) is 0 Å². The lowest BCUT2D eigenvalue weighted by Crippen LogP contribution is -2.19. The van der Waals surface area contributed by atoms with E-state index in [4.69, 9.17) is 0 Å². The molecule has 0 heterocycles. The fraction of sp³-hybridized carbons (Fsp3) is 0.130. The number of thioether (sulfide) groups is 1. The van der Waals surface area contributed by atoms with E-state index >= 15 is 0 Å². The summed E-state index contributed by atoms with van der Waals surface area (Å²) in [5.41, 5.74) is 0.578. The van der Waals surface area contributed by atoms with Crippen LogP contribution in [0.2, 0.25) is 0 Å². The number of benzene rings is 3. The molecule has 0 aromatic heterocycles. The van der Waals surface area contributed by atoms with Crippen LogP contribution < -0.4 is 10.6 Å². The molecule has 1 atom stereocenters. The number of carbonyl (C=O) groups is 2. The number of halogens is 3. The third kappa shape index (κ3) is 6.36. The number of hydrogen-bond acceptors (Lipinski definition) is 3. The summed E-state index contributed by atoms with van der Waals surface area (Å²) < 4.78 is 39.0. The Morgan fingerprint density at radius 2 is 1.52 bits per heavy atom. The van der Waals surface area contributed by atoms with E-state index in [9.17, 15) is 22.8 Å². The van der Waals surface area contributed by atoms with Crippen LogP contribution in [-0.2, 0) is 15.8 Å². The average molecular weight is 444 g/mol. The number of alkyl halides is 3. The fourth-order valence-electron chi connectivity index (χ4n) is 2.84. The molecule has 0 bridgehead atoms. The highest BCUT2D eigenvalue weighted by Crippen LogP contribution is 2.37. The molecule has 0 saturated carbocycles. The van der Waals surface area contributed by atoms with Gasteiger partial charge < -0.3 is 10.6 Å². The SMILES string of the molecule is CC(=O)Nc1ccc(SC(C(=O)Nc2cccc(C(F)(F)F)c2)c2ccccc2)cc1. The maximum absolute atomic E-state index is 13.0. The molecule has 0 radical (unpaired) electrons.